The summed E-state index contributed by atoms with van der Waals surface area (Å²) in [6.07, 6.45) is 5.01. The van der Waals surface area contributed by atoms with Crippen LogP contribution in [0.1, 0.15) is 0 Å². The number of carbonyl (C=O) groups is 2. The molecule has 0 fully saturated rings. The van der Waals surface area contributed by atoms with E-state index >= 15 is 0 Å². The van der Waals surface area contributed by atoms with E-state index in [0.717, 1.165) is 0 Å². The largest absolute Gasteiger partial charge is 0.290 e. The molecule has 1 aliphatic rings. The van der Waals surface area contributed by atoms with E-state index in [9.17, 15) is 9.59 Å². The minimum absolute atomic E-state index is 0. The Morgan fingerprint density at radius 2 is 1.00 bits per heavy atom. The van der Waals surface area contributed by atoms with Crippen molar-refractivity contribution in [3.63, 3.8) is 0 Å². The summed E-state index contributed by atoms with van der Waals surface area (Å²) >= 11 is 0. The molecular formula is C6H4O2Rh. The fraction of sp³-hybridized carbons (Fsp3) is 0. The molecule has 1 aliphatic carbocycles. The second-order valence-electron chi connectivity index (χ2n) is 1.47. The molecule has 1 radical (unpaired) electrons. The van der Waals surface area contributed by atoms with Crippen molar-refractivity contribution in [1.82, 2.24) is 0 Å². The van der Waals surface area contributed by atoms with Gasteiger partial charge < -0.3 is 0 Å². The van der Waals surface area contributed by atoms with Crippen LogP contribution in [-0.4, -0.2) is 11.6 Å². The summed E-state index contributed by atoms with van der Waals surface area (Å²) in [5, 5.41) is 0. The topological polar surface area (TPSA) is 34.1 Å². The van der Waals surface area contributed by atoms with Gasteiger partial charge in [-0.05, 0) is 24.3 Å². The Labute approximate surface area is 65.4 Å². The first-order valence-electron chi connectivity index (χ1n) is 2.23. The Morgan fingerprint density at radius 1 is 0.778 bits per heavy atom. The molecule has 0 N–H and O–H groups in total. The van der Waals surface area contributed by atoms with Crippen LogP contribution in [0.5, 0.6) is 0 Å². The molecule has 9 heavy (non-hydrogen) atoms. The summed E-state index contributed by atoms with van der Waals surface area (Å²) < 4.78 is 0. The van der Waals surface area contributed by atoms with Crippen LogP contribution in [0.25, 0.3) is 0 Å². The van der Waals surface area contributed by atoms with E-state index in [4.69, 9.17) is 0 Å². The monoisotopic (exact) mass is 211 g/mol. The summed E-state index contributed by atoms with van der Waals surface area (Å²) in [6.45, 7) is 0. The molecule has 0 heterocycles. The summed E-state index contributed by atoms with van der Waals surface area (Å²) in [5.41, 5.74) is 0. The standard InChI is InChI=1S/C6H4O2.Rh/c7-5-1-2-6(8)4-3-5;/h1-4H;. The van der Waals surface area contributed by atoms with Crippen LogP contribution in [0.4, 0.5) is 0 Å². The molecule has 2 nitrogen and oxygen atoms in total. The van der Waals surface area contributed by atoms with E-state index in [1.807, 2.05) is 0 Å². The third-order valence-electron chi connectivity index (χ3n) is 0.824. The number of allylic oxidation sites excluding steroid dienone is 4. The first kappa shape index (κ1) is 8.44. The van der Waals surface area contributed by atoms with Gasteiger partial charge in [-0.2, -0.15) is 0 Å². The molecule has 1 rings (SSSR count). The summed E-state index contributed by atoms with van der Waals surface area (Å²) in [6, 6.07) is 0. The SMILES string of the molecule is O=C1C=CC(=O)C=C1.[Rh]. The van der Waals surface area contributed by atoms with E-state index in [2.05, 4.69) is 0 Å². The summed E-state index contributed by atoms with van der Waals surface area (Å²) in [7, 11) is 0. The maximum atomic E-state index is 10.3. The first-order valence-corrected chi connectivity index (χ1v) is 2.23. The van der Waals surface area contributed by atoms with Gasteiger partial charge in [0.05, 0.1) is 0 Å². The smallest absolute Gasteiger partial charge is 0.178 e. The van der Waals surface area contributed by atoms with Crippen LogP contribution < -0.4 is 0 Å². The fourth-order valence-electron chi connectivity index (χ4n) is 0.440. The van der Waals surface area contributed by atoms with Crippen molar-refractivity contribution in [3.8, 4) is 0 Å². The molecule has 0 atom stereocenters. The van der Waals surface area contributed by atoms with Gasteiger partial charge in [0.1, 0.15) is 0 Å². The number of hydrogen-bond donors (Lipinski definition) is 0. The minimum atomic E-state index is -0.121. The Morgan fingerprint density at radius 3 is 1.22 bits per heavy atom. The molecule has 0 unspecified atom stereocenters. The number of carbonyl (C=O) groups excluding carboxylic acids is 2. The molecule has 0 aromatic rings. The van der Waals surface area contributed by atoms with Crippen molar-refractivity contribution >= 4 is 11.6 Å². The molecular weight excluding hydrogens is 207 g/mol. The van der Waals surface area contributed by atoms with Crippen LogP contribution in [0, 0.1) is 0 Å². The Kier molecular flexibility index (Phi) is 3.25. The second-order valence-corrected chi connectivity index (χ2v) is 1.47. The molecule has 49 valence electrons. The number of ketones is 2. The average molecular weight is 211 g/mol. The van der Waals surface area contributed by atoms with Crippen molar-refractivity contribution < 1.29 is 29.1 Å². The molecule has 0 amide bonds. The maximum Gasteiger partial charge on any atom is 0.178 e. The molecule has 0 saturated heterocycles. The Hall–Kier alpha value is -0.557. The van der Waals surface area contributed by atoms with E-state index in [0.29, 0.717) is 0 Å². The zero-order chi connectivity index (χ0) is 5.98. The predicted molar refractivity (Wildman–Crippen MR) is 28.3 cm³/mol. The van der Waals surface area contributed by atoms with Gasteiger partial charge in [-0.3, -0.25) is 9.59 Å². The van der Waals surface area contributed by atoms with Gasteiger partial charge in [-0.15, -0.1) is 0 Å². The van der Waals surface area contributed by atoms with Crippen molar-refractivity contribution in [2.45, 2.75) is 0 Å². The quantitative estimate of drug-likeness (QED) is 0.425. The maximum absolute atomic E-state index is 10.3. The van der Waals surface area contributed by atoms with Gasteiger partial charge in [-0.1, -0.05) is 0 Å². The van der Waals surface area contributed by atoms with Crippen LogP contribution in [0.2, 0.25) is 0 Å². The minimum Gasteiger partial charge on any atom is -0.290 e. The van der Waals surface area contributed by atoms with E-state index in [-0.39, 0.29) is 31.0 Å². The van der Waals surface area contributed by atoms with E-state index in [1.165, 1.54) is 24.3 Å². The molecule has 0 bridgehead atoms. The van der Waals surface area contributed by atoms with Gasteiger partial charge in [0.25, 0.3) is 0 Å². The van der Waals surface area contributed by atoms with Gasteiger partial charge in [0, 0.05) is 19.5 Å². The molecule has 0 aromatic heterocycles. The van der Waals surface area contributed by atoms with Crippen LogP contribution in [0.3, 0.4) is 0 Å². The average Bonchev–Trinajstić information content (AvgIpc) is 1.77. The zero-order valence-electron chi connectivity index (χ0n) is 4.46. The van der Waals surface area contributed by atoms with E-state index < -0.39 is 0 Å². The summed E-state index contributed by atoms with van der Waals surface area (Å²) in [5.74, 6) is -0.241. The molecule has 0 saturated carbocycles. The second kappa shape index (κ2) is 3.47. The summed E-state index contributed by atoms with van der Waals surface area (Å²) in [4.78, 5) is 20.6. The van der Waals surface area contributed by atoms with Crippen LogP contribution in [-0.2, 0) is 29.1 Å². The number of rotatable bonds is 0. The Bertz CT molecular complexity index is 153. The Balaban J connectivity index is 0.000000640. The number of hydrogen-bond acceptors (Lipinski definition) is 2. The third kappa shape index (κ3) is 2.47. The molecule has 0 aromatic carbocycles. The van der Waals surface area contributed by atoms with E-state index in [1.54, 1.807) is 0 Å². The zero-order valence-corrected chi connectivity index (χ0v) is 6.10. The fourth-order valence-corrected chi connectivity index (χ4v) is 0.440. The normalized spacial score (nSPS) is 15.6. The van der Waals surface area contributed by atoms with Gasteiger partial charge in [-0.25, -0.2) is 0 Å². The molecule has 0 spiro atoms. The molecule has 3 heteroatoms. The first-order chi connectivity index (χ1) is 3.79. The van der Waals surface area contributed by atoms with Crippen molar-refractivity contribution in [2.24, 2.45) is 0 Å². The van der Waals surface area contributed by atoms with Crippen molar-refractivity contribution in [3.05, 3.63) is 24.3 Å². The molecule has 0 aliphatic heterocycles. The van der Waals surface area contributed by atoms with Gasteiger partial charge in [0.15, 0.2) is 11.6 Å². The third-order valence-corrected chi connectivity index (χ3v) is 0.824. The van der Waals surface area contributed by atoms with Gasteiger partial charge >= 0.3 is 0 Å². The van der Waals surface area contributed by atoms with Crippen LogP contribution in [0.15, 0.2) is 24.3 Å². The van der Waals surface area contributed by atoms with Gasteiger partial charge in [0.2, 0.25) is 0 Å². The predicted octanol–water partition coefficient (Wildman–Crippen LogP) is 0.248. The van der Waals surface area contributed by atoms with Crippen LogP contribution >= 0.6 is 0 Å². The van der Waals surface area contributed by atoms with Crippen molar-refractivity contribution in [2.75, 3.05) is 0 Å². The van der Waals surface area contributed by atoms with Crippen molar-refractivity contribution in [1.29, 1.82) is 0 Å².